The van der Waals surface area contributed by atoms with E-state index in [0.29, 0.717) is 30.2 Å². The summed E-state index contributed by atoms with van der Waals surface area (Å²) in [6, 6.07) is 24.6. The molecule has 0 heterocycles. The molecule has 0 aromatic heterocycles. The number of carbonyl (C=O) groups excluding carboxylic acids is 1. The predicted molar refractivity (Wildman–Crippen MR) is 112 cm³/mol. The Morgan fingerprint density at radius 1 is 0.893 bits per heavy atom. The first-order valence-electron chi connectivity index (χ1n) is 9.16. The molecule has 0 atom stereocenters. The molecule has 28 heavy (non-hydrogen) atoms. The zero-order valence-electron chi connectivity index (χ0n) is 15.6. The van der Waals surface area contributed by atoms with Crippen molar-refractivity contribution in [3.05, 3.63) is 103 Å². The quantitative estimate of drug-likeness (QED) is 0.529. The summed E-state index contributed by atoms with van der Waals surface area (Å²) in [5.41, 5.74) is 2.47. The second-order valence-electron chi connectivity index (χ2n) is 6.19. The smallest absolute Gasteiger partial charge is 0.255 e. The van der Waals surface area contributed by atoms with Gasteiger partial charge in [-0.05, 0) is 48.0 Å². The summed E-state index contributed by atoms with van der Waals surface area (Å²) in [6.45, 7) is 4.62. The first-order valence-corrected chi connectivity index (χ1v) is 9.16. The van der Waals surface area contributed by atoms with Gasteiger partial charge in [0.1, 0.15) is 18.1 Å². The van der Waals surface area contributed by atoms with Gasteiger partial charge in [-0.2, -0.15) is 0 Å². The van der Waals surface area contributed by atoms with Crippen molar-refractivity contribution in [3.8, 4) is 11.5 Å². The van der Waals surface area contributed by atoms with Crippen LogP contribution in [-0.2, 0) is 6.42 Å². The number of anilines is 1. The molecule has 0 unspecified atom stereocenters. The van der Waals surface area contributed by atoms with Crippen molar-refractivity contribution in [2.75, 3.05) is 18.5 Å². The van der Waals surface area contributed by atoms with Crippen LogP contribution >= 0.6 is 0 Å². The van der Waals surface area contributed by atoms with Crippen LogP contribution in [0.2, 0.25) is 0 Å². The van der Waals surface area contributed by atoms with E-state index in [0.717, 1.165) is 12.2 Å². The molecule has 0 aliphatic rings. The molecule has 0 aliphatic carbocycles. The summed E-state index contributed by atoms with van der Waals surface area (Å²) in [7, 11) is 0. The van der Waals surface area contributed by atoms with E-state index in [-0.39, 0.29) is 5.91 Å². The Kier molecular flexibility index (Phi) is 6.85. The first kappa shape index (κ1) is 19.2. The van der Waals surface area contributed by atoms with Gasteiger partial charge in [-0.25, -0.2) is 0 Å². The number of benzene rings is 3. The van der Waals surface area contributed by atoms with Gasteiger partial charge in [-0.15, -0.1) is 0 Å². The fraction of sp³-hybridized carbons (Fsp3) is 0.125. The molecule has 1 amide bonds. The van der Waals surface area contributed by atoms with E-state index < -0.39 is 0 Å². The van der Waals surface area contributed by atoms with Gasteiger partial charge in [-0.1, -0.05) is 49.1 Å². The highest BCUT2D eigenvalue weighted by Gasteiger charge is 2.08. The molecule has 3 rings (SSSR count). The van der Waals surface area contributed by atoms with E-state index >= 15 is 0 Å². The Balaban J connectivity index is 1.55. The molecule has 0 bridgehead atoms. The highest BCUT2D eigenvalue weighted by molar-refractivity contribution is 6.04. The maximum absolute atomic E-state index is 12.5. The lowest BCUT2D eigenvalue weighted by molar-refractivity contribution is 0.102. The molecule has 0 aliphatic heterocycles. The Bertz CT molecular complexity index is 905. The Labute approximate surface area is 165 Å². The highest BCUT2D eigenvalue weighted by atomic mass is 16.5. The molecule has 1 N–H and O–H groups in total. The molecule has 0 radical (unpaired) electrons. The average molecular weight is 373 g/mol. The van der Waals surface area contributed by atoms with Gasteiger partial charge in [0.05, 0.1) is 6.61 Å². The van der Waals surface area contributed by atoms with Crippen molar-refractivity contribution >= 4 is 11.6 Å². The van der Waals surface area contributed by atoms with E-state index in [9.17, 15) is 4.79 Å². The molecule has 0 fully saturated rings. The van der Waals surface area contributed by atoms with E-state index in [1.807, 2.05) is 42.5 Å². The standard InChI is InChI=1S/C24H23NO3/c1-2-16-27-22-13-11-21(12-14-22)25-24(26)20-9-6-10-23(18-20)28-17-15-19-7-4-3-5-8-19/h2-14,18H,1,15-17H2,(H,25,26). The van der Waals surface area contributed by atoms with Crippen LogP contribution in [-0.4, -0.2) is 19.1 Å². The molecule has 0 spiro atoms. The fourth-order valence-electron chi connectivity index (χ4n) is 2.65. The van der Waals surface area contributed by atoms with Gasteiger partial charge < -0.3 is 14.8 Å². The monoisotopic (exact) mass is 373 g/mol. The minimum Gasteiger partial charge on any atom is -0.493 e. The van der Waals surface area contributed by atoms with Crippen molar-refractivity contribution in [1.29, 1.82) is 0 Å². The normalized spacial score (nSPS) is 10.1. The third kappa shape index (κ3) is 5.74. The number of hydrogen-bond donors (Lipinski definition) is 1. The number of ether oxygens (including phenoxy) is 2. The van der Waals surface area contributed by atoms with Crippen LogP contribution in [0.25, 0.3) is 0 Å². The topological polar surface area (TPSA) is 47.6 Å². The summed E-state index contributed by atoms with van der Waals surface area (Å²) < 4.78 is 11.2. The molecule has 4 heteroatoms. The largest absolute Gasteiger partial charge is 0.493 e. The van der Waals surface area contributed by atoms with Gasteiger partial charge in [-0.3, -0.25) is 4.79 Å². The summed E-state index contributed by atoms with van der Waals surface area (Å²) in [4.78, 5) is 12.5. The Morgan fingerprint density at radius 3 is 2.43 bits per heavy atom. The summed E-state index contributed by atoms with van der Waals surface area (Å²) in [5.74, 6) is 1.22. The van der Waals surface area contributed by atoms with Crippen LogP contribution in [0.15, 0.2) is 91.5 Å². The van der Waals surface area contributed by atoms with Crippen LogP contribution in [0, 0.1) is 0 Å². The van der Waals surface area contributed by atoms with Crippen LogP contribution in [0.5, 0.6) is 11.5 Å². The zero-order chi connectivity index (χ0) is 19.6. The number of hydrogen-bond acceptors (Lipinski definition) is 3. The van der Waals surface area contributed by atoms with Crippen molar-refractivity contribution in [2.45, 2.75) is 6.42 Å². The van der Waals surface area contributed by atoms with Crippen LogP contribution < -0.4 is 14.8 Å². The van der Waals surface area contributed by atoms with Crippen molar-refractivity contribution < 1.29 is 14.3 Å². The van der Waals surface area contributed by atoms with Gasteiger partial charge in [0, 0.05) is 17.7 Å². The number of carbonyl (C=O) groups is 1. The van der Waals surface area contributed by atoms with E-state index in [1.165, 1.54) is 5.56 Å². The third-order valence-electron chi connectivity index (χ3n) is 4.08. The fourth-order valence-corrected chi connectivity index (χ4v) is 2.65. The van der Waals surface area contributed by atoms with Gasteiger partial charge in [0.2, 0.25) is 0 Å². The number of nitrogens with one attached hydrogen (secondary N) is 1. The van der Waals surface area contributed by atoms with Crippen LogP contribution in [0.4, 0.5) is 5.69 Å². The second-order valence-corrected chi connectivity index (χ2v) is 6.19. The highest BCUT2D eigenvalue weighted by Crippen LogP contribution is 2.18. The summed E-state index contributed by atoms with van der Waals surface area (Å²) >= 11 is 0. The van der Waals surface area contributed by atoms with Crippen molar-refractivity contribution in [2.24, 2.45) is 0 Å². The Hall–Kier alpha value is -3.53. The maximum Gasteiger partial charge on any atom is 0.255 e. The molecule has 3 aromatic rings. The predicted octanol–water partition coefficient (Wildman–Crippen LogP) is 5.13. The molecular formula is C24H23NO3. The van der Waals surface area contributed by atoms with Gasteiger partial charge in [0.25, 0.3) is 5.91 Å². The van der Waals surface area contributed by atoms with Gasteiger partial charge >= 0.3 is 0 Å². The second kappa shape index (κ2) is 9.97. The van der Waals surface area contributed by atoms with Crippen LogP contribution in [0.1, 0.15) is 15.9 Å². The Morgan fingerprint density at radius 2 is 1.68 bits per heavy atom. The van der Waals surface area contributed by atoms with Crippen molar-refractivity contribution in [3.63, 3.8) is 0 Å². The zero-order valence-corrected chi connectivity index (χ0v) is 15.6. The lowest BCUT2D eigenvalue weighted by Gasteiger charge is -2.10. The van der Waals surface area contributed by atoms with E-state index in [4.69, 9.17) is 9.47 Å². The maximum atomic E-state index is 12.5. The summed E-state index contributed by atoms with van der Waals surface area (Å²) in [6.07, 6.45) is 2.50. The third-order valence-corrected chi connectivity index (χ3v) is 4.08. The molecule has 142 valence electrons. The lowest BCUT2D eigenvalue weighted by Crippen LogP contribution is -2.12. The molecule has 0 saturated heterocycles. The minimum absolute atomic E-state index is 0.187. The molecular weight excluding hydrogens is 350 g/mol. The number of rotatable bonds is 9. The lowest BCUT2D eigenvalue weighted by atomic mass is 10.1. The van der Waals surface area contributed by atoms with Gasteiger partial charge in [0.15, 0.2) is 0 Å². The minimum atomic E-state index is -0.187. The van der Waals surface area contributed by atoms with Crippen molar-refractivity contribution in [1.82, 2.24) is 0 Å². The van der Waals surface area contributed by atoms with E-state index in [2.05, 4.69) is 24.0 Å². The van der Waals surface area contributed by atoms with E-state index in [1.54, 1.807) is 30.3 Å². The number of amides is 1. The average Bonchev–Trinajstić information content (AvgIpc) is 2.74. The molecule has 3 aromatic carbocycles. The summed E-state index contributed by atoms with van der Waals surface area (Å²) in [5, 5.41) is 2.88. The van der Waals surface area contributed by atoms with Crippen LogP contribution in [0.3, 0.4) is 0 Å². The molecule has 0 saturated carbocycles. The molecule has 4 nitrogen and oxygen atoms in total. The first-order chi connectivity index (χ1) is 13.7. The SMILES string of the molecule is C=CCOc1ccc(NC(=O)c2cccc(OCCc3ccccc3)c2)cc1.